The lowest BCUT2D eigenvalue weighted by molar-refractivity contribution is -0.131. The number of hydrogen-bond donors (Lipinski definition) is 0. The Morgan fingerprint density at radius 3 is 2.51 bits per heavy atom. The van der Waals surface area contributed by atoms with Crippen LogP contribution >= 0.6 is 11.8 Å². The van der Waals surface area contributed by atoms with Crippen LogP contribution in [-0.4, -0.2) is 57.7 Å². The Hall–Kier alpha value is -3.59. The summed E-state index contributed by atoms with van der Waals surface area (Å²) in [5.41, 5.74) is 2.92. The van der Waals surface area contributed by atoms with Gasteiger partial charge in [0.2, 0.25) is 5.91 Å². The summed E-state index contributed by atoms with van der Waals surface area (Å²) in [6, 6.07) is 11.6. The second-order valence-electron chi connectivity index (χ2n) is 9.81. The molecule has 2 aromatic carbocycles. The molecular weight excluding hydrogens is 517 g/mol. The van der Waals surface area contributed by atoms with Crippen LogP contribution in [0.4, 0.5) is 9.18 Å². The predicted octanol–water partition coefficient (Wildman–Crippen LogP) is 5.86. The van der Waals surface area contributed by atoms with Gasteiger partial charge < -0.3 is 14.2 Å². The molecule has 2 aliphatic rings. The van der Waals surface area contributed by atoms with E-state index in [0.717, 1.165) is 79.0 Å². The predicted molar refractivity (Wildman–Crippen MR) is 151 cm³/mol. The highest BCUT2D eigenvalue weighted by molar-refractivity contribution is 8.18. The summed E-state index contributed by atoms with van der Waals surface area (Å²) < 4.78 is 20.7. The number of aromatic nitrogens is 1. The van der Waals surface area contributed by atoms with Gasteiger partial charge in [-0.1, -0.05) is 38.0 Å². The van der Waals surface area contributed by atoms with Crippen LogP contribution < -0.4 is 4.74 Å². The van der Waals surface area contributed by atoms with Crippen LogP contribution in [0.1, 0.15) is 43.7 Å². The summed E-state index contributed by atoms with van der Waals surface area (Å²) in [4.78, 5) is 42.5. The number of hydrogen-bond acceptors (Lipinski definition) is 5. The van der Waals surface area contributed by atoms with Crippen molar-refractivity contribution < 1.29 is 23.5 Å². The van der Waals surface area contributed by atoms with Crippen LogP contribution in [0.2, 0.25) is 0 Å². The summed E-state index contributed by atoms with van der Waals surface area (Å²) in [7, 11) is 0. The molecule has 3 amide bonds. The molecule has 0 radical (unpaired) electrons. The average molecular weight is 550 g/mol. The molecule has 3 heterocycles. The van der Waals surface area contributed by atoms with Crippen LogP contribution in [0.3, 0.4) is 0 Å². The van der Waals surface area contributed by atoms with E-state index in [1.165, 1.54) is 29.2 Å². The first-order valence-electron chi connectivity index (χ1n) is 13.5. The van der Waals surface area contributed by atoms with E-state index >= 15 is 0 Å². The Balaban J connectivity index is 1.36. The Morgan fingerprint density at radius 1 is 1.05 bits per heavy atom. The summed E-state index contributed by atoms with van der Waals surface area (Å²) in [5, 5.41) is 0.591. The highest BCUT2D eigenvalue weighted by Crippen LogP contribution is 2.35. The molecule has 204 valence electrons. The fourth-order valence-electron chi connectivity index (χ4n) is 5.18. The van der Waals surface area contributed by atoms with E-state index in [1.807, 2.05) is 27.8 Å². The van der Waals surface area contributed by atoms with Gasteiger partial charge in [-0.25, -0.2) is 4.39 Å². The van der Waals surface area contributed by atoms with Crippen molar-refractivity contribution >= 4 is 45.8 Å². The molecule has 2 aliphatic heterocycles. The lowest BCUT2D eigenvalue weighted by Gasteiger charge is -2.21. The smallest absolute Gasteiger partial charge is 0.293 e. The van der Waals surface area contributed by atoms with E-state index in [-0.39, 0.29) is 42.6 Å². The minimum atomic E-state index is -0.374. The number of ether oxygens (including phenoxy) is 1. The van der Waals surface area contributed by atoms with Gasteiger partial charge in [0.1, 0.15) is 24.7 Å². The zero-order chi connectivity index (χ0) is 27.4. The van der Waals surface area contributed by atoms with E-state index < -0.39 is 0 Å². The quantitative estimate of drug-likeness (QED) is 0.329. The number of para-hydroxylation sites is 1. The number of aryl methyl sites for hydroxylation is 1. The Kier molecular flexibility index (Phi) is 8.35. The van der Waals surface area contributed by atoms with E-state index in [2.05, 4.69) is 13.0 Å². The fraction of sp³-hybridized carbons (Fsp3) is 0.367. The molecule has 0 spiro atoms. The molecule has 2 saturated heterocycles. The third-order valence-electron chi connectivity index (χ3n) is 7.22. The summed E-state index contributed by atoms with van der Waals surface area (Å²) >= 11 is 0.901. The SMILES string of the molecule is CCc1cccc2c(/C=C3\SC(=O)N(CCOc4ccc(F)cc4)C3=O)cn(CC(=O)N3CCCCCC3)c12. The Morgan fingerprint density at radius 2 is 1.79 bits per heavy atom. The van der Waals surface area contributed by atoms with Crippen LogP contribution in [0.25, 0.3) is 17.0 Å². The molecule has 5 rings (SSSR count). The zero-order valence-electron chi connectivity index (χ0n) is 22.0. The van der Waals surface area contributed by atoms with E-state index in [0.29, 0.717) is 10.7 Å². The van der Waals surface area contributed by atoms with Gasteiger partial charge in [-0.15, -0.1) is 0 Å². The number of nitrogens with zero attached hydrogens (tertiary/aromatic N) is 3. The number of carbonyl (C=O) groups excluding carboxylic acids is 3. The standard InChI is InChI=1S/C30H32FN3O4S/c1-2-21-8-7-9-25-22(19-33(28(21)25)20-27(35)32-14-5-3-4-6-15-32)18-26-29(36)34(30(37)39-26)16-17-38-24-12-10-23(31)11-13-24/h7-13,18-19H,2-6,14-17,20H2,1H3/b26-18-. The highest BCUT2D eigenvalue weighted by Gasteiger charge is 2.35. The largest absolute Gasteiger partial charge is 0.492 e. The lowest BCUT2D eigenvalue weighted by Crippen LogP contribution is -2.34. The zero-order valence-corrected chi connectivity index (χ0v) is 22.8. The molecule has 0 unspecified atom stereocenters. The van der Waals surface area contributed by atoms with Crippen LogP contribution in [0, 0.1) is 5.82 Å². The molecule has 2 fully saturated rings. The van der Waals surface area contributed by atoms with Crippen molar-refractivity contribution in [3.05, 3.63) is 70.5 Å². The van der Waals surface area contributed by atoms with Crippen molar-refractivity contribution in [1.29, 1.82) is 0 Å². The number of amides is 3. The van der Waals surface area contributed by atoms with Crippen LogP contribution in [0.5, 0.6) is 5.75 Å². The molecule has 1 aromatic heterocycles. The normalized spacial score (nSPS) is 17.3. The van der Waals surface area contributed by atoms with E-state index in [9.17, 15) is 18.8 Å². The first-order chi connectivity index (χ1) is 18.9. The second-order valence-corrected chi connectivity index (χ2v) is 10.8. The molecule has 0 atom stereocenters. The minimum absolute atomic E-state index is 0.0888. The van der Waals surface area contributed by atoms with Gasteiger partial charge in [-0.05, 0) is 66.9 Å². The van der Waals surface area contributed by atoms with Crippen molar-refractivity contribution in [2.24, 2.45) is 0 Å². The maximum absolute atomic E-state index is 13.2. The second kappa shape index (κ2) is 12.1. The van der Waals surface area contributed by atoms with Crippen molar-refractivity contribution in [2.75, 3.05) is 26.2 Å². The number of fused-ring (bicyclic) bond motifs is 1. The van der Waals surface area contributed by atoms with Gasteiger partial charge in [0, 0.05) is 30.2 Å². The van der Waals surface area contributed by atoms with Crippen molar-refractivity contribution in [3.8, 4) is 5.75 Å². The molecule has 0 saturated carbocycles. The van der Waals surface area contributed by atoms with Crippen LogP contribution in [-0.2, 0) is 22.6 Å². The van der Waals surface area contributed by atoms with Gasteiger partial charge in [0.15, 0.2) is 0 Å². The Bertz CT molecular complexity index is 1410. The van der Waals surface area contributed by atoms with Gasteiger partial charge in [-0.3, -0.25) is 19.3 Å². The molecule has 3 aromatic rings. The van der Waals surface area contributed by atoms with Crippen molar-refractivity contribution in [1.82, 2.24) is 14.4 Å². The molecule has 9 heteroatoms. The maximum Gasteiger partial charge on any atom is 0.293 e. The third-order valence-corrected chi connectivity index (χ3v) is 8.12. The van der Waals surface area contributed by atoms with Gasteiger partial charge in [-0.2, -0.15) is 0 Å². The summed E-state index contributed by atoms with van der Waals surface area (Å²) in [5.74, 6) is -0.168. The number of rotatable bonds is 8. The number of likely N-dealkylation sites (tertiary alicyclic amines) is 1. The van der Waals surface area contributed by atoms with Crippen LogP contribution in [0.15, 0.2) is 53.6 Å². The monoisotopic (exact) mass is 549 g/mol. The fourth-order valence-corrected chi connectivity index (χ4v) is 6.03. The summed E-state index contributed by atoms with van der Waals surface area (Å²) in [6.07, 6.45) is 8.87. The molecule has 0 aliphatic carbocycles. The van der Waals surface area contributed by atoms with Gasteiger partial charge >= 0.3 is 0 Å². The highest BCUT2D eigenvalue weighted by atomic mass is 32.2. The minimum Gasteiger partial charge on any atom is -0.492 e. The first-order valence-corrected chi connectivity index (χ1v) is 14.3. The number of carbonyl (C=O) groups is 3. The van der Waals surface area contributed by atoms with Gasteiger partial charge in [0.05, 0.1) is 17.0 Å². The number of imide groups is 1. The molecule has 0 N–H and O–H groups in total. The van der Waals surface area contributed by atoms with Crippen molar-refractivity contribution in [3.63, 3.8) is 0 Å². The molecular formula is C30H32FN3O4S. The maximum atomic E-state index is 13.2. The van der Waals surface area contributed by atoms with Crippen molar-refractivity contribution in [2.45, 2.75) is 45.6 Å². The Labute approximate surface area is 231 Å². The van der Waals surface area contributed by atoms with Gasteiger partial charge in [0.25, 0.3) is 11.1 Å². The van der Waals surface area contributed by atoms with E-state index in [1.54, 1.807) is 6.08 Å². The third kappa shape index (κ3) is 6.03. The molecule has 39 heavy (non-hydrogen) atoms. The number of thioether (sulfide) groups is 1. The lowest BCUT2D eigenvalue weighted by atomic mass is 10.1. The summed E-state index contributed by atoms with van der Waals surface area (Å²) in [6.45, 7) is 4.11. The number of benzene rings is 2. The average Bonchev–Trinajstić information content (AvgIpc) is 3.25. The number of halogens is 1. The van der Waals surface area contributed by atoms with E-state index in [4.69, 9.17) is 4.74 Å². The molecule has 0 bridgehead atoms. The first kappa shape index (κ1) is 27.0. The topological polar surface area (TPSA) is 71.8 Å². The molecule has 7 nitrogen and oxygen atoms in total.